The summed E-state index contributed by atoms with van der Waals surface area (Å²) in [4.78, 5) is 8.65. The third kappa shape index (κ3) is 8.70. The Bertz CT molecular complexity index is 2870. The number of sulfonamides is 2. The Morgan fingerprint density at radius 1 is 0.790 bits per heavy atom. The molecule has 3 heterocycles. The summed E-state index contributed by atoms with van der Waals surface area (Å²) < 4.78 is 83.7. The number of likely N-dealkylation sites (tertiary alicyclic amines) is 1. The normalized spacial score (nSPS) is 14.8. The topological polar surface area (TPSA) is 213 Å². The van der Waals surface area contributed by atoms with Gasteiger partial charge in [0, 0.05) is 31.2 Å². The molecule has 62 heavy (non-hydrogen) atoms. The first-order valence-corrected chi connectivity index (χ1v) is 22.6. The van der Waals surface area contributed by atoms with E-state index in [-0.39, 0.29) is 37.0 Å². The number of benzene rings is 5. The lowest BCUT2D eigenvalue weighted by atomic mass is 9.97. The minimum Gasteiger partial charge on any atom is -0.497 e. The lowest BCUT2D eigenvalue weighted by Gasteiger charge is -2.27. The third-order valence-corrected chi connectivity index (χ3v) is 14.4. The summed E-state index contributed by atoms with van der Waals surface area (Å²) in [6.07, 6.45) is 0.534. The Labute approximate surface area is 359 Å². The highest BCUT2D eigenvalue weighted by Crippen LogP contribution is 2.43. The van der Waals surface area contributed by atoms with Gasteiger partial charge in [-0.2, -0.15) is 4.31 Å². The van der Waals surface area contributed by atoms with Crippen LogP contribution in [0.15, 0.2) is 113 Å². The number of hydrogen-bond acceptors (Lipinski definition) is 13. The molecule has 0 radical (unpaired) electrons. The number of methoxy groups -OCH3 is 3. The van der Waals surface area contributed by atoms with E-state index in [1.807, 2.05) is 24.1 Å². The van der Waals surface area contributed by atoms with Crippen molar-refractivity contribution in [2.45, 2.75) is 41.9 Å². The van der Waals surface area contributed by atoms with Crippen molar-refractivity contribution in [2.75, 3.05) is 47.2 Å². The van der Waals surface area contributed by atoms with Crippen molar-refractivity contribution in [3.05, 3.63) is 120 Å². The van der Waals surface area contributed by atoms with Gasteiger partial charge in [-0.3, -0.25) is 0 Å². The molecule has 5 aromatic carbocycles. The Morgan fingerprint density at radius 2 is 1.39 bits per heavy atom. The van der Waals surface area contributed by atoms with Crippen LogP contribution >= 0.6 is 0 Å². The SMILES string of the molecule is COc1ccc(CN(Cc2ccc(OC)cc2)S(=O)(=O)c2c(S(=O)(=O)NC3CCN(C)C3)ccc(-c3cccc4[nH]c(N)nc34)c2-c2nnnn2Cc2ccc(OC)cc2)cc1. The highest BCUT2D eigenvalue weighted by atomic mass is 32.2. The number of ether oxygens (including phenoxy) is 3. The number of likely N-dealkylation sites (N-methyl/N-ethyl adjacent to an activating group) is 1. The number of aromatic nitrogens is 6. The average molecular weight is 879 g/mol. The summed E-state index contributed by atoms with van der Waals surface area (Å²) in [5, 5.41) is 12.8. The maximum Gasteiger partial charge on any atom is 0.245 e. The van der Waals surface area contributed by atoms with Crippen molar-refractivity contribution >= 4 is 37.0 Å². The maximum absolute atomic E-state index is 16.1. The molecule has 1 aliphatic heterocycles. The smallest absolute Gasteiger partial charge is 0.245 e. The second kappa shape index (κ2) is 17.5. The van der Waals surface area contributed by atoms with Crippen LogP contribution in [0.2, 0.25) is 0 Å². The summed E-state index contributed by atoms with van der Waals surface area (Å²) in [7, 11) is -2.86. The van der Waals surface area contributed by atoms with Gasteiger partial charge in [0.2, 0.25) is 20.0 Å². The van der Waals surface area contributed by atoms with Gasteiger partial charge in [0.1, 0.15) is 27.0 Å². The molecule has 0 amide bonds. The third-order valence-electron chi connectivity index (χ3n) is 10.8. The Kier molecular flexibility index (Phi) is 12.0. The fourth-order valence-corrected chi connectivity index (χ4v) is 11.4. The number of nitrogens with zero attached hydrogens (tertiary/aromatic N) is 7. The Morgan fingerprint density at radius 3 is 1.95 bits per heavy atom. The van der Waals surface area contributed by atoms with E-state index in [0.717, 1.165) is 5.56 Å². The van der Waals surface area contributed by atoms with Gasteiger partial charge < -0.3 is 29.8 Å². The molecular weight excluding hydrogens is 833 g/mol. The summed E-state index contributed by atoms with van der Waals surface area (Å²) in [6.45, 7) is 0.901. The summed E-state index contributed by atoms with van der Waals surface area (Å²) in [6, 6.07) is 29.0. The number of nitrogen functional groups attached to an aromatic ring is 1. The lowest BCUT2D eigenvalue weighted by Crippen LogP contribution is -2.38. The molecule has 0 spiro atoms. The van der Waals surface area contributed by atoms with Crippen molar-refractivity contribution in [1.29, 1.82) is 0 Å². The molecule has 17 nitrogen and oxygen atoms in total. The fraction of sp³-hybridized carbons (Fsp3) is 0.256. The van der Waals surface area contributed by atoms with Crippen molar-refractivity contribution in [3.63, 3.8) is 0 Å². The number of tetrazole rings is 1. The molecule has 19 heteroatoms. The van der Waals surface area contributed by atoms with Crippen LogP contribution in [0.25, 0.3) is 33.5 Å². The lowest BCUT2D eigenvalue weighted by molar-refractivity contribution is 0.396. The number of imidazole rings is 1. The number of nitrogens with one attached hydrogen (secondary N) is 2. The number of fused-ring (bicyclic) bond motifs is 1. The van der Waals surface area contributed by atoms with Crippen LogP contribution in [-0.2, 0) is 39.7 Å². The maximum atomic E-state index is 16.1. The first kappa shape index (κ1) is 42.3. The van der Waals surface area contributed by atoms with E-state index in [0.29, 0.717) is 70.0 Å². The van der Waals surface area contributed by atoms with Crippen LogP contribution in [-0.4, -0.2) is 104 Å². The zero-order valence-corrected chi connectivity index (χ0v) is 36.2. The van der Waals surface area contributed by atoms with Crippen LogP contribution < -0.4 is 24.7 Å². The standard InChI is InChI=1S/C43H46N10O7S2/c1-51-23-22-31(27-51)48-61(54,55)38-21-20-35(36-6-5-7-37-40(36)46-43(44)45-37)39(42-47-49-50-53(42)26-30-12-18-34(60-4)19-13-30)41(38)62(56,57)52(24-28-8-14-32(58-2)15-9-28)25-29-10-16-33(59-3)17-11-29/h5-21,31,48H,22-27H2,1-4H3,(H3,44,45,46). The van der Waals surface area contributed by atoms with Gasteiger partial charge in [0.25, 0.3) is 0 Å². The largest absolute Gasteiger partial charge is 0.497 e. The van der Waals surface area contributed by atoms with E-state index in [1.54, 1.807) is 106 Å². The number of hydrogen-bond donors (Lipinski definition) is 3. The molecule has 0 saturated carbocycles. The van der Waals surface area contributed by atoms with Crippen LogP contribution in [0.4, 0.5) is 5.95 Å². The molecule has 1 saturated heterocycles. The number of nitrogens with two attached hydrogens (primary N) is 1. The van der Waals surface area contributed by atoms with E-state index < -0.39 is 35.9 Å². The van der Waals surface area contributed by atoms with Crippen LogP contribution in [0, 0.1) is 0 Å². The van der Waals surface area contributed by atoms with E-state index >= 15 is 8.42 Å². The molecule has 1 aliphatic rings. The monoisotopic (exact) mass is 878 g/mol. The van der Waals surface area contributed by atoms with Gasteiger partial charge in [0.05, 0.1) is 44.5 Å². The van der Waals surface area contributed by atoms with Crippen LogP contribution in [0.5, 0.6) is 17.2 Å². The van der Waals surface area contributed by atoms with Gasteiger partial charge >= 0.3 is 0 Å². The van der Waals surface area contributed by atoms with Crippen molar-refractivity contribution in [3.8, 4) is 39.8 Å². The number of rotatable bonds is 16. The summed E-state index contributed by atoms with van der Waals surface area (Å²) in [5.74, 6) is 1.95. The van der Waals surface area contributed by atoms with E-state index in [4.69, 9.17) is 19.9 Å². The molecule has 1 atom stereocenters. The molecule has 2 aromatic heterocycles. The average Bonchev–Trinajstić information content (AvgIpc) is 4.02. The minimum absolute atomic E-state index is 0.00129. The van der Waals surface area contributed by atoms with Crippen LogP contribution in [0.1, 0.15) is 23.1 Å². The van der Waals surface area contributed by atoms with Gasteiger partial charge in [0.15, 0.2) is 11.8 Å². The Hall–Kier alpha value is -6.38. The predicted molar refractivity (Wildman–Crippen MR) is 233 cm³/mol. The fourth-order valence-electron chi connectivity index (χ4n) is 7.68. The number of aromatic amines is 1. The van der Waals surface area contributed by atoms with E-state index in [9.17, 15) is 8.42 Å². The number of anilines is 1. The summed E-state index contributed by atoms with van der Waals surface area (Å²) >= 11 is 0. The van der Waals surface area contributed by atoms with E-state index in [2.05, 4.69) is 30.2 Å². The van der Waals surface area contributed by atoms with Gasteiger partial charge in [-0.1, -0.05) is 54.6 Å². The first-order chi connectivity index (χ1) is 29.9. The van der Waals surface area contributed by atoms with Gasteiger partial charge in [-0.05, 0) is 101 Å². The molecule has 4 N–H and O–H groups in total. The van der Waals surface area contributed by atoms with Gasteiger partial charge in [-0.25, -0.2) is 31.2 Å². The molecule has 7 aromatic rings. The molecule has 1 unspecified atom stereocenters. The van der Waals surface area contributed by atoms with Crippen molar-refractivity contribution < 1.29 is 31.0 Å². The molecule has 0 bridgehead atoms. The second-order valence-corrected chi connectivity index (χ2v) is 18.5. The molecule has 0 aliphatic carbocycles. The highest BCUT2D eigenvalue weighted by Gasteiger charge is 2.39. The van der Waals surface area contributed by atoms with Crippen molar-refractivity contribution in [2.24, 2.45) is 0 Å². The van der Waals surface area contributed by atoms with Crippen LogP contribution in [0.3, 0.4) is 0 Å². The van der Waals surface area contributed by atoms with Crippen molar-refractivity contribution in [1.82, 2.24) is 44.1 Å². The predicted octanol–water partition coefficient (Wildman–Crippen LogP) is 4.91. The quantitative estimate of drug-likeness (QED) is 0.118. The van der Waals surface area contributed by atoms with Gasteiger partial charge in [-0.15, -0.1) is 5.10 Å². The number of para-hydroxylation sites is 1. The zero-order chi connectivity index (χ0) is 43.6. The second-order valence-electron chi connectivity index (χ2n) is 15.0. The zero-order valence-electron chi connectivity index (χ0n) is 34.5. The highest BCUT2D eigenvalue weighted by molar-refractivity contribution is 7.92. The Balaban J connectivity index is 1.41. The molecule has 322 valence electrons. The molecule has 8 rings (SSSR count). The molecular formula is C43H46N10O7S2. The molecule has 1 fully saturated rings. The van der Waals surface area contributed by atoms with E-state index in [1.165, 1.54) is 15.1 Å². The summed E-state index contributed by atoms with van der Waals surface area (Å²) in [5.41, 5.74) is 9.92. The first-order valence-electron chi connectivity index (χ1n) is 19.6. The minimum atomic E-state index is -4.86. The number of H-pyrrole nitrogens is 1.